The Kier molecular flexibility index (Phi) is 19.4. The molecule has 0 radical (unpaired) electrons. The molecule has 1 aliphatic rings. The predicted molar refractivity (Wildman–Crippen MR) is 207 cm³/mol. The lowest BCUT2D eigenvalue weighted by Crippen LogP contribution is -2.05. The van der Waals surface area contributed by atoms with E-state index in [1.165, 1.54) is 130 Å². The van der Waals surface area contributed by atoms with E-state index in [2.05, 4.69) is 88.4 Å². The lowest BCUT2D eigenvalue weighted by molar-refractivity contribution is -0.345. The first-order valence-electron chi connectivity index (χ1n) is 19.9. The Morgan fingerprint density at radius 3 is 1.81 bits per heavy atom. The average molecular weight is 637 g/mol. The van der Waals surface area contributed by atoms with Gasteiger partial charge in [0.2, 0.25) is 11.4 Å². The van der Waals surface area contributed by atoms with E-state index in [4.69, 9.17) is 0 Å². The summed E-state index contributed by atoms with van der Waals surface area (Å²) in [5.41, 5.74) is 22.2. The third-order valence-electron chi connectivity index (χ3n) is 9.92. The monoisotopic (exact) mass is 637 g/mol. The number of allylic oxidation sites excluding steroid dienone is 4. The summed E-state index contributed by atoms with van der Waals surface area (Å²) in [6.07, 6.45) is 33.0. The smallest absolute Gasteiger partial charge is 0.211 e. The highest BCUT2D eigenvalue weighted by Crippen LogP contribution is 2.45. The molecule has 0 N–H and O–H groups in total. The van der Waals surface area contributed by atoms with Crippen LogP contribution in [0.1, 0.15) is 185 Å². The van der Waals surface area contributed by atoms with Gasteiger partial charge in [-0.15, -0.1) is 0 Å². The Hall–Kier alpha value is -2.74. The number of benzene rings is 2. The zero-order chi connectivity index (χ0) is 33.5. The van der Waals surface area contributed by atoms with Crippen LogP contribution in [0.2, 0.25) is 0 Å². The largest absolute Gasteiger partial charge is 0.493 e. The molecule has 0 bridgehead atoms. The number of aryl methyl sites for hydroxylation is 2. The van der Waals surface area contributed by atoms with Crippen LogP contribution in [0, 0.1) is 0 Å². The molecule has 2 nitrogen and oxygen atoms in total. The van der Waals surface area contributed by atoms with Crippen molar-refractivity contribution >= 4 is 11.4 Å². The number of hydrogen-bond acceptors (Lipinski definition) is 0. The molecule has 2 heteroatoms. The summed E-state index contributed by atoms with van der Waals surface area (Å²) in [7, 11) is 0. The van der Waals surface area contributed by atoms with Gasteiger partial charge in [-0.05, 0) is 100.0 Å². The van der Waals surface area contributed by atoms with Crippen LogP contribution in [0.3, 0.4) is 0 Å². The molecule has 0 fully saturated rings. The van der Waals surface area contributed by atoms with E-state index < -0.39 is 0 Å². The van der Waals surface area contributed by atoms with Gasteiger partial charge in [-0.3, -0.25) is 0 Å². The summed E-state index contributed by atoms with van der Waals surface area (Å²) < 4.78 is 1.61. The maximum Gasteiger partial charge on any atom is 0.211 e. The molecule has 0 aromatic heterocycles. The third-order valence-corrected chi connectivity index (χ3v) is 9.92. The van der Waals surface area contributed by atoms with Gasteiger partial charge in [-0.1, -0.05) is 147 Å². The van der Waals surface area contributed by atoms with Crippen molar-refractivity contribution in [3.8, 4) is 0 Å². The first kappa shape index (κ1) is 38.7. The molecule has 1 heterocycles. The van der Waals surface area contributed by atoms with E-state index in [-0.39, 0.29) is 0 Å². The van der Waals surface area contributed by atoms with Crippen LogP contribution in [0.25, 0.3) is 16.9 Å². The van der Waals surface area contributed by atoms with E-state index in [1.54, 1.807) is 4.70 Å². The van der Waals surface area contributed by atoms with E-state index in [0.717, 1.165) is 62.8 Å². The van der Waals surface area contributed by atoms with Crippen molar-refractivity contribution in [3.63, 3.8) is 0 Å². The topological polar surface area (TPSA) is 25.3 Å². The van der Waals surface area contributed by atoms with Gasteiger partial charge < -0.3 is 5.53 Å². The lowest BCUT2D eigenvalue weighted by atomic mass is 9.90. The highest BCUT2D eigenvalue weighted by Gasteiger charge is 2.36. The molecule has 258 valence electrons. The molecular formula is C45H68N2. The van der Waals surface area contributed by atoms with Crippen LogP contribution < -0.4 is 0 Å². The molecule has 0 amide bonds. The molecule has 0 saturated heterocycles. The van der Waals surface area contributed by atoms with Gasteiger partial charge >= 0.3 is 0 Å². The Bertz CT molecular complexity index is 1280. The standard InChI is InChI=1S/C45H68N2/c1-5-9-13-15-17-18-19-20-21-22-24-31-39-32-26-27-35-41(39)45-43(34-12-8-4)42(36-25-23-16-14-10-6-2)44(47(45)46)40-33-28-30-38(37-40)29-11-7-3/h20-21,26-28,30,32-33,35,37H,5-19,22-25,29,31,34,36H2,1-4H3. The fraction of sp³-hybridized carbons (Fsp3) is 0.600. The summed E-state index contributed by atoms with van der Waals surface area (Å²) in [6, 6.07) is 17.9. The highest BCUT2D eigenvalue weighted by atomic mass is 15.2. The van der Waals surface area contributed by atoms with E-state index in [9.17, 15) is 5.53 Å². The van der Waals surface area contributed by atoms with E-state index in [1.807, 2.05) is 0 Å². The number of nitrogens with zero attached hydrogens (tertiary/aromatic N) is 2. The van der Waals surface area contributed by atoms with Crippen LogP contribution >= 0.6 is 0 Å². The van der Waals surface area contributed by atoms with Crippen LogP contribution in [0.4, 0.5) is 0 Å². The summed E-state index contributed by atoms with van der Waals surface area (Å²) in [5, 5.41) is 0. The zero-order valence-electron chi connectivity index (χ0n) is 30.9. The third kappa shape index (κ3) is 13.0. The second-order valence-electron chi connectivity index (χ2n) is 14.0. The van der Waals surface area contributed by atoms with Gasteiger partial charge in [0.05, 0.1) is 0 Å². The van der Waals surface area contributed by atoms with Gasteiger partial charge in [0.25, 0.3) is 0 Å². The van der Waals surface area contributed by atoms with Crippen LogP contribution in [0.5, 0.6) is 0 Å². The molecule has 0 spiro atoms. The molecule has 3 rings (SSSR count). The second kappa shape index (κ2) is 23.6. The summed E-state index contributed by atoms with van der Waals surface area (Å²) >= 11 is 0. The van der Waals surface area contributed by atoms with Gasteiger partial charge in [0.1, 0.15) is 0 Å². The summed E-state index contributed by atoms with van der Waals surface area (Å²) in [6.45, 7) is 9.12. The van der Waals surface area contributed by atoms with Crippen molar-refractivity contribution in [2.75, 3.05) is 0 Å². The molecule has 2 aromatic rings. The molecule has 0 aliphatic carbocycles. The van der Waals surface area contributed by atoms with Crippen LogP contribution in [0.15, 0.2) is 71.8 Å². The normalized spacial score (nSPS) is 13.6. The minimum Gasteiger partial charge on any atom is -0.493 e. The fourth-order valence-corrected chi connectivity index (χ4v) is 7.11. The summed E-state index contributed by atoms with van der Waals surface area (Å²) in [5.74, 6) is 0. The number of rotatable bonds is 26. The molecule has 47 heavy (non-hydrogen) atoms. The van der Waals surface area contributed by atoms with Crippen molar-refractivity contribution < 1.29 is 4.70 Å². The van der Waals surface area contributed by atoms with E-state index >= 15 is 0 Å². The van der Waals surface area contributed by atoms with E-state index in [0.29, 0.717) is 0 Å². The SMILES string of the molecule is CCCCCCCCC=CCCCc1ccccc1C1=C(CCCC)C(CCCCCCCC)=C(c2cccc(CCCC)c2)[N+]1=[N-]. The summed E-state index contributed by atoms with van der Waals surface area (Å²) in [4.78, 5) is 0. The first-order chi connectivity index (χ1) is 23.2. The number of hydrogen-bond donors (Lipinski definition) is 0. The van der Waals surface area contributed by atoms with Crippen molar-refractivity contribution in [1.29, 1.82) is 0 Å². The van der Waals surface area contributed by atoms with Gasteiger partial charge in [-0.2, -0.15) is 0 Å². The highest BCUT2D eigenvalue weighted by molar-refractivity contribution is 5.83. The molecule has 0 saturated carbocycles. The molecule has 2 aromatic carbocycles. The number of unbranched alkanes of at least 4 members (excludes halogenated alkanes) is 14. The Balaban J connectivity index is 1.84. The maximum absolute atomic E-state index is 12.2. The van der Waals surface area contributed by atoms with Crippen LogP contribution in [-0.2, 0) is 12.8 Å². The van der Waals surface area contributed by atoms with Crippen LogP contribution in [-0.4, -0.2) is 4.70 Å². The minimum absolute atomic E-state index is 1.02. The zero-order valence-corrected chi connectivity index (χ0v) is 30.9. The van der Waals surface area contributed by atoms with Gasteiger partial charge in [0.15, 0.2) is 0 Å². The van der Waals surface area contributed by atoms with Crippen molar-refractivity contribution in [3.05, 3.63) is 99.6 Å². The average Bonchev–Trinajstić information content (AvgIpc) is 3.37. The Morgan fingerprint density at radius 2 is 1.09 bits per heavy atom. The Morgan fingerprint density at radius 1 is 0.511 bits per heavy atom. The molecule has 1 aliphatic heterocycles. The molecular weight excluding hydrogens is 569 g/mol. The molecule has 0 unspecified atom stereocenters. The first-order valence-corrected chi connectivity index (χ1v) is 19.9. The minimum atomic E-state index is 1.02. The molecule has 0 atom stereocenters. The van der Waals surface area contributed by atoms with Crippen molar-refractivity contribution in [1.82, 2.24) is 0 Å². The predicted octanol–water partition coefficient (Wildman–Crippen LogP) is 14.8. The van der Waals surface area contributed by atoms with Gasteiger partial charge in [0, 0.05) is 22.3 Å². The lowest BCUT2D eigenvalue weighted by Gasteiger charge is -2.13. The second-order valence-corrected chi connectivity index (χ2v) is 14.0. The van der Waals surface area contributed by atoms with Gasteiger partial charge in [-0.25, -0.2) is 4.70 Å². The maximum atomic E-state index is 12.2. The fourth-order valence-electron chi connectivity index (χ4n) is 7.11. The Labute approximate surface area is 290 Å². The quantitative estimate of drug-likeness (QED) is 0.0558. The van der Waals surface area contributed by atoms with Crippen molar-refractivity contribution in [2.24, 2.45) is 0 Å². The van der Waals surface area contributed by atoms with Crippen molar-refractivity contribution in [2.45, 2.75) is 175 Å².